The van der Waals surface area contributed by atoms with Gasteiger partial charge in [-0.15, -0.1) is 0 Å². The number of ether oxygens (including phenoxy) is 8. The molecule has 2 aliphatic heterocycles. The van der Waals surface area contributed by atoms with Crippen molar-refractivity contribution in [2.24, 2.45) is 23.7 Å². The molecule has 2 aliphatic carbocycles. The number of unbranched alkanes of at least 4 members (excludes halogenated alkanes) is 10. The predicted molar refractivity (Wildman–Crippen MR) is 305 cm³/mol. The minimum atomic E-state index is -0.488. The number of Topliss-reactive ketones (excluding diaryl/α,β-unsaturated/α-hetero) is 1. The van der Waals surface area contributed by atoms with Gasteiger partial charge in [0.05, 0.1) is 32.6 Å². The van der Waals surface area contributed by atoms with Gasteiger partial charge in [-0.3, -0.25) is 28.8 Å². The zero-order chi connectivity index (χ0) is 59.2. The Balaban J connectivity index is -0.00000118. The van der Waals surface area contributed by atoms with Crippen molar-refractivity contribution >= 4 is 49.9 Å². The summed E-state index contributed by atoms with van der Waals surface area (Å²) in [5, 5.41) is 7.00. The second-order valence-electron chi connectivity index (χ2n) is 20.6. The molecule has 80 heavy (non-hydrogen) atoms. The Bertz CT molecular complexity index is 1670. The fourth-order valence-corrected chi connectivity index (χ4v) is 11.2. The average molecular weight is 1160 g/mol. The number of esters is 4. The fourth-order valence-electron chi connectivity index (χ4n) is 10.4. The van der Waals surface area contributed by atoms with Crippen LogP contribution in [-0.4, -0.2) is 138 Å². The van der Waals surface area contributed by atoms with Gasteiger partial charge in [0.1, 0.15) is 24.3 Å². The average Bonchev–Trinajstić information content (AvgIpc) is 3.94. The summed E-state index contributed by atoms with van der Waals surface area (Å²) in [7, 11) is 4.99. The minimum Gasteiger partial charge on any atom is -1.00 e. The molecule has 19 nitrogen and oxygen atoms in total. The van der Waals surface area contributed by atoms with E-state index in [0.29, 0.717) is 57.3 Å². The molecule has 0 aromatic rings. The van der Waals surface area contributed by atoms with E-state index < -0.39 is 8.15 Å². The Hall–Kier alpha value is -2.98. The summed E-state index contributed by atoms with van der Waals surface area (Å²) in [5.74, 6) is -0.699. The molecule has 0 radical (unpaired) electrons. The Morgan fingerprint density at radius 1 is 0.588 bits per heavy atom. The van der Waals surface area contributed by atoms with Crippen LogP contribution in [0.4, 0.5) is 0 Å². The summed E-state index contributed by atoms with van der Waals surface area (Å²) in [6.45, 7) is 10.5. The number of hydrogen-bond donors (Lipinski definition) is 1. The number of methoxy groups -OCH3 is 2. The van der Waals surface area contributed by atoms with Gasteiger partial charge in [0, 0.05) is 122 Å². The molecule has 4 fully saturated rings. The first-order valence-corrected chi connectivity index (χ1v) is 31.2. The van der Waals surface area contributed by atoms with Gasteiger partial charge >= 0.3 is 42.7 Å². The summed E-state index contributed by atoms with van der Waals surface area (Å²) in [5.41, 5.74) is 0. The van der Waals surface area contributed by atoms with Crippen LogP contribution < -0.4 is 18.9 Å². The molecule has 2 heterocycles. The number of allylic oxidation sites excluding steroid dienone is 1. The summed E-state index contributed by atoms with van der Waals surface area (Å²) >= 11 is 0. The van der Waals surface area contributed by atoms with Crippen molar-refractivity contribution in [3.05, 3.63) is 22.1 Å². The van der Waals surface area contributed by atoms with Crippen LogP contribution in [0.2, 0.25) is 0 Å². The summed E-state index contributed by atoms with van der Waals surface area (Å²) in [6, 6.07) is 0. The number of rotatable bonds is 34. The van der Waals surface area contributed by atoms with E-state index in [1.807, 2.05) is 12.7 Å². The number of carbonyl (C=O) groups excluding carboxylic acids is 7. The number of carbonyl (C=O) groups is 7. The topological polar surface area (TPSA) is 257 Å². The molecule has 0 aromatic carbocycles. The molecule has 0 amide bonds. The molecule has 0 spiro atoms. The maximum atomic E-state index is 12.5. The van der Waals surface area contributed by atoms with Crippen LogP contribution in [0.25, 0.3) is 0 Å². The molecule has 11 atom stereocenters. The normalized spacial score (nSPS) is 24.2. The van der Waals surface area contributed by atoms with Gasteiger partial charge < -0.3 is 53.7 Å². The van der Waals surface area contributed by atoms with Crippen LogP contribution in [-0.2, 0) is 76.0 Å². The maximum absolute atomic E-state index is 12.5. The first-order valence-electron chi connectivity index (χ1n) is 29.3. The SMILES string of the molecule is CCCCCC(=O)/C=C/[C@@H]1C(CCCCCCC(=O)OC)[C@@H](OC(C)=O)C[C@H]1OC1CCCCO1.CCCCCC(=O)CP(C)OC.CO.COC(=O)CCCCCCC1[C@@H](OC(C)=O)C[C@@H](OC2CCCCO2)[C@@H]1C=O.O=O.[H-].[Li+]. The molecule has 4 rings (SSSR count). The van der Waals surface area contributed by atoms with Crippen molar-refractivity contribution in [3.8, 4) is 0 Å². The van der Waals surface area contributed by atoms with Crippen LogP contribution in [0.3, 0.4) is 0 Å². The van der Waals surface area contributed by atoms with Gasteiger partial charge in [-0.1, -0.05) is 84.1 Å². The Morgan fingerprint density at radius 3 is 1.41 bits per heavy atom. The minimum absolute atomic E-state index is 0. The zero-order valence-electron chi connectivity index (χ0n) is 51.7. The third kappa shape index (κ3) is 36.6. The van der Waals surface area contributed by atoms with Gasteiger partial charge in [0.25, 0.3) is 0 Å². The summed E-state index contributed by atoms with van der Waals surface area (Å²) in [6.07, 6.45) is 28.6. The Labute approximate surface area is 493 Å². The molecule has 2 saturated heterocycles. The van der Waals surface area contributed by atoms with E-state index in [2.05, 4.69) is 18.6 Å². The molecule has 5 unspecified atom stereocenters. The second-order valence-corrected chi connectivity index (χ2v) is 22.6. The van der Waals surface area contributed by atoms with Crippen LogP contribution >= 0.6 is 8.15 Å². The van der Waals surface area contributed by atoms with E-state index >= 15 is 0 Å². The number of aldehydes is 1. The fraction of sp³-hybridized carbons (Fsp3) is 0.847. The standard InChI is InChI=1S/C28H46O7.C21H34O7.C9H19O2P.CH4O.Li.O2.H/c1-4-5-8-13-22(30)17-18-24-23(14-9-6-7-10-15-27(31)32-3)25(34-21(2)29)20-26(24)35-28-16-11-12-19-33-28;1-15(23)27-18-13-19(28-21-11-7-8-12-26-21)17(14-22)16(18)9-5-3-4-6-10-20(24)25-2;1-4-5-6-7-9(10)8-12(3)11-2;1-2;;1-2;/h17-18,23-26,28H,4-16,19-20H2,1-3H3;14,16-19,21H,3-13H2,1-2H3;4-8H2,1-3H3;2H,1H3;;;/q;;;;+1;;-1/b18-17+;;;;;;/t23?,24-,25+,26-,28?;16?,17-,18+,19-,21?;;;;;/m11...../s1. The third-order valence-electron chi connectivity index (χ3n) is 14.5. The van der Waals surface area contributed by atoms with Gasteiger partial charge in [0.15, 0.2) is 18.4 Å². The molecule has 2 saturated carbocycles. The van der Waals surface area contributed by atoms with Crippen molar-refractivity contribution in [1.82, 2.24) is 0 Å². The van der Waals surface area contributed by atoms with Crippen LogP contribution in [0.5, 0.6) is 0 Å². The monoisotopic (exact) mass is 1150 g/mol. The molecular weight excluding hydrogens is 1050 g/mol. The predicted octanol–water partition coefficient (Wildman–Crippen LogP) is 8.46. The second kappa shape index (κ2) is 51.6. The number of aliphatic hydroxyl groups excluding tert-OH is 1. The van der Waals surface area contributed by atoms with E-state index in [1.165, 1.54) is 40.9 Å². The molecule has 460 valence electrons. The molecule has 21 heteroatoms. The zero-order valence-corrected chi connectivity index (χ0v) is 51.6. The first kappa shape index (κ1) is 79.1. The maximum Gasteiger partial charge on any atom is 1.00 e. The van der Waals surface area contributed by atoms with E-state index in [9.17, 15) is 33.6 Å². The van der Waals surface area contributed by atoms with Gasteiger partial charge in [-0.2, -0.15) is 0 Å². The van der Waals surface area contributed by atoms with Crippen LogP contribution in [0.15, 0.2) is 12.2 Å². The van der Waals surface area contributed by atoms with Crippen molar-refractivity contribution in [3.63, 3.8) is 0 Å². The largest absolute Gasteiger partial charge is 1.00 e. The van der Waals surface area contributed by atoms with Gasteiger partial charge in [-0.05, 0) is 89.8 Å². The van der Waals surface area contributed by atoms with E-state index in [0.717, 1.165) is 148 Å². The van der Waals surface area contributed by atoms with Gasteiger partial charge in [0.2, 0.25) is 0 Å². The number of aliphatic hydroxyl groups is 1. The van der Waals surface area contributed by atoms with Crippen molar-refractivity contribution in [2.45, 2.75) is 244 Å². The number of ketones is 2. The number of hydrogen-bond acceptors (Lipinski definition) is 19. The third-order valence-corrected chi connectivity index (χ3v) is 16.0. The molecule has 0 bridgehead atoms. The van der Waals surface area contributed by atoms with Crippen LogP contribution in [0.1, 0.15) is 209 Å². The van der Waals surface area contributed by atoms with E-state index in [-0.39, 0.29) is 111 Å². The smallest absolute Gasteiger partial charge is 1.00 e. The van der Waals surface area contributed by atoms with Crippen molar-refractivity contribution in [1.29, 1.82) is 0 Å². The molecule has 0 aromatic heterocycles. The Kier molecular flexibility index (Phi) is 51.0. The first-order chi connectivity index (χ1) is 38.2. The van der Waals surface area contributed by atoms with E-state index in [1.54, 1.807) is 13.2 Å². The van der Waals surface area contributed by atoms with Gasteiger partial charge in [-0.25, -0.2) is 0 Å². The Morgan fingerprint density at radius 2 is 1.01 bits per heavy atom. The molecule has 1 N–H and O–H groups in total. The van der Waals surface area contributed by atoms with E-state index in [4.69, 9.17) is 52.7 Å². The summed E-state index contributed by atoms with van der Waals surface area (Å²) < 4.78 is 49.6. The van der Waals surface area contributed by atoms with Crippen molar-refractivity contribution in [2.75, 3.05) is 54.5 Å². The van der Waals surface area contributed by atoms with Crippen molar-refractivity contribution < 1.29 is 101 Å². The molecule has 4 aliphatic rings. The molecular formula is C59H104LiO19P. The van der Waals surface area contributed by atoms with Crippen LogP contribution in [0, 0.1) is 33.6 Å². The quantitative estimate of drug-likeness (QED) is 0.0120. The summed E-state index contributed by atoms with van der Waals surface area (Å²) in [4.78, 5) is 95.4.